The summed E-state index contributed by atoms with van der Waals surface area (Å²) in [7, 11) is 0. The van der Waals surface area contributed by atoms with Crippen LogP contribution in [0.1, 0.15) is 22.3 Å². The van der Waals surface area contributed by atoms with E-state index in [9.17, 15) is 4.39 Å². The Balaban J connectivity index is 2.37. The van der Waals surface area contributed by atoms with Crippen molar-refractivity contribution in [2.45, 2.75) is 20.8 Å². The Morgan fingerprint density at radius 3 is 2.48 bits per heavy atom. The van der Waals surface area contributed by atoms with E-state index in [4.69, 9.17) is 15.7 Å². The molecule has 0 unspecified atom stereocenters. The molecule has 2 rings (SSSR count). The zero-order chi connectivity index (χ0) is 15.6. The number of nitrogens with zero attached hydrogens (tertiary/aromatic N) is 1. The van der Waals surface area contributed by atoms with Crippen molar-refractivity contribution in [3.63, 3.8) is 0 Å². The van der Waals surface area contributed by atoms with E-state index >= 15 is 0 Å². The quantitative estimate of drug-likeness (QED) is 0.392. The fourth-order valence-electron chi connectivity index (χ4n) is 2.03. The van der Waals surface area contributed by atoms with E-state index in [0.717, 1.165) is 16.7 Å². The Kier molecular flexibility index (Phi) is 4.12. The highest BCUT2D eigenvalue weighted by Gasteiger charge is 2.11. The van der Waals surface area contributed by atoms with Crippen molar-refractivity contribution in [2.75, 3.05) is 0 Å². The highest BCUT2D eigenvalue weighted by Crippen LogP contribution is 2.30. The Morgan fingerprint density at radius 1 is 1.14 bits per heavy atom. The molecule has 0 saturated heterocycles. The average molecular weight is 288 g/mol. The minimum Gasteiger partial charge on any atom is -0.454 e. The molecule has 0 aromatic heterocycles. The standard InChI is InChI=1S/C16H17FN2O2/c1-9-6-10(2)11(3)15(7-9)21-14-5-4-12(8-13(14)17)16(18)19-20/h4-8,20H,1-3H3,(H2,18,19). The lowest BCUT2D eigenvalue weighted by Crippen LogP contribution is -2.13. The largest absolute Gasteiger partial charge is 0.454 e. The smallest absolute Gasteiger partial charge is 0.170 e. The molecule has 2 aromatic rings. The van der Waals surface area contributed by atoms with Crippen molar-refractivity contribution in [1.82, 2.24) is 0 Å². The zero-order valence-electron chi connectivity index (χ0n) is 12.1. The summed E-state index contributed by atoms with van der Waals surface area (Å²) in [6.07, 6.45) is 0. The minimum atomic E-state index is -0.572. The van der Waals surface area contributed by atoms with Gasteiger partial charge in [-0.2, -0.15) is 0 Å². The van der Waals surface area contributed by atoms with E-state index in [2.05, 4.69) is 5.16 Å². The molecule has 0 aliphatic heterocycles. The molecule has 0 heterocycles. The Labute approximate surface area is 122 Å². The van der Waals surface area contributed by atoms with Gasteiger partial charge in [-0.25, -0.2) is 4.39 Å². The molecule has 21 heavy (non-hydrogen) atoms. The molecule has 5 heteroatoms. The van der Waals surface area contributed by atoms with Gasteiger partial charge in [-0.3, -0.25) is 0 Å². The molecule has 0 fully saturated rings. The minimum absolute atomic E-state index is 0.0950. The molecular weight excluding hydrogens is 271 g/mol. The van der Waals surface area contributed by atoms with Crippen LogP contribution in [0.2, 0.25) is 0 Å². The number of nitrogens with two attached hydrogens (primary N) is 1. The molecule has 0 aliphatic rings. The second-order valence-corrected chi connectivity index (χ2v) is 4.94. The second kappa shape index (κ2) is 5.83. The van der Waals surface area contributed by atoms with Crippen LogP contribution in [0.3, 0.4) is 0 Å². The number of ether oxygens (including phenoxy) is 1. The summed E-state index contributed by atoms with van der Waals surface area (Å²) in [5, 5.41) is 11.4. The molecule has 0 spiro atoms. The first-order chi connectivity index (χ1) is 9.92. The average Bonchev–Trinajstić information content (AvgIpc) is 2.45. The van der Waals surface area contributed by atoms with Gasteiger partial charge in [-0.05, 0) is 61.7 Å². The molecule has 0 aliphatic carbocycles. The summed E-state index contributed by atoms with van der Waals surface area (Å²) in [6.45, 7) is 5.86. The molecule has 0 atom stereocenters. The lowest BCUT2D eigenvalue weighted by atomic mass is 10.1. The topological polar surface area (TPSA) is 67.8 Å². The van der Waals surface area contributed by atoms with Crippen molar-refractivity contribution in [1.29, 1.82) is 0 Å². The van der Waals surface area contributed by atoms with E-state index in [1.54, 1.807) is 0 Å². The second-order valence-electron chi connectivity index (χ2n) is 4.94. The van der Waals surface area contributed by atoms with Crippen LogP contribution in [-0.2, 0) is 0 Å². The summed E-state index contributed by atoms with van der Waals surface area (Å²) in [6, 6.07) is 8.06. The highest BCUT2D eigenvalue weighted by atomic mass is 19.1. The maximum Gasteiger partial charge on any atom is 0.170 e. The lowest BCUT2D eigenvalue weighted by molar-refractivity contribution is 0.318. The predicted octanol–water partition coefficient (Wildman–Crippen LogP) is 3.64. The highest BCUT2D eigenvalue weighted by molar-refractivity contribution is 5.97. The summed E-state index contributed by atoms with van der Waals surface area (Å²) in [4.78, 5) is 0. The maximum absolute atomic E-state index is 14.0. The van der Waals surface area contributed by atoms with E-state index in [1.165, 1.54) is 18.2 Å². The van der Waals surface area contributed by atoms with E-state index in [1.807, 2.05) is 32.9 Å². The molecule has 0 radical (unpaired) electrons. The van der Waals surface area contributed by atoms with Gasteiger partial charge in [0.1, 0.15) is 5.75 Å². The predicted molar refractivity (Wildman–Crippen MR) is 79.6 cm³/mol. The fraction of sp³-hybridized carbons (Fsp3) is 0.188. The SMILES string of the molecule is Cc1cc(C)c(C)c(Oc2ccc(/C(N)=N/O)cc2F)c1. The third-order valence-corrected chi connectivity index (χ3v) is 3.32. The Hall–Kier alpha value is -2.56. The van der Waals surface area contributed by atoms with Gasteiger partial charge < -0.3 is 15.7 Å². The third kappa shape index (κ3) is 3.13. The van der Waals surface area contributed by atoms with Crippen LogP contribution in [-0.4, -0.2) is 11.0 Å². The number of oxime groups is 1. The number of rotatable bonds is 3. The summed E-state index contributed by atoms with van der Waals surface area (Å²) >= 11 is 0. The van der Waals surface area contributed by atoms with Gasteiger partial charge in [0.25, 0.3) is 0 Å². The van der Waals surface area contributed by atoms with Crippen LogP contribution in [0.25, 0.3) is 0 Å². The van der Waals surface area contributed by atoms with Gasteiger partial charge in [-0.15, -0.1) is 0 Å². The van der Waals surface area contributed by atoms with Crippen molar-refractivity contribution in [3.05, 3.63) is 58.4 Å². The van der Waals surface area contributed by atoms with Crippen LogP contribution in [0.4, 0.5) is 4.39 Å². The van der Waals surface area contributed by atoms with E-state index in [-0.39, 0.29) is 11.6 Å². The van der Waals surface area contributed by atoms with Gasteiger partial charge in [0.05, 0.1) is 0 Å². The first kappa shape index (κ1) is 14.8. The summed E-state index contributed by atoms with van der Waals surface area (Å²) < 4.78 is 19.7. The lowest BCUT2D eigenvalue weighted by Gasteiger charge is -2.13. The van der Waals surface area contributed by atoms with Crippen molar-refractivity contribution < 1.29 is 14.3 Å². The number of hydrogen-bond donors (Lipinski definition) is 2. The number of amidine groups is 1. The molecule has 2 aromatic carbocycles. The van der Waals surface area contributed by atoms with E-state index < -0.39 is 5.82 Å². The molecule has 4 nitrogen and oxygen atoms in total. The van der Waals surface area contributed by atoms with Gasteiger partial charge in [0, 0.05) is 5.56 Å². The first-order valence-electron chi connectivity index (χ1n) is 6.45. The number of halogens is 1. The van der Waals surface area contributed by atoms with Crippen molar-refractivity contribution in [3.8, 4) is 11.5 Å². The van der Waals surface area contributed by atoms with Gasteiger partial charge in [0.2, 0.25) is 0 Å². The van der Waals surface area contributed by atoms with Gasteiger partial charge in [-0.1, -0.05) is 11.2 Å². The fourth-order valence-corrected chi connectivity index (χ4v) is 2.03. The molecule has 0 saturated carbocycles. The van der Waals surface area contributed by atoms with Crippen LogP contribution >= 0.6 is 0 Å². The maximum atomic E-state index is 14.0. The first-order valence-corrected chi connectivity index (χ1v) is 6.45. The molecule has 3 N–H and O–H groups in total. The number of hydrogen-bond acceptors (Lipinski definition) is 3. The number of aryl methyl sites for hydroxylation is 2. The van der Waals surface area contributed by atoms with Crippen molar-refractivity contribution in [2.24, 2.45) is 10.9 Å². The third-order valence-electron chi connectivity index (χ3n) is 3.32. The van der Waals surface area contributed by atoms with Crippen LogP contribution < -0.4 is 10.5 Å². The summed E-state index contributed by atoms with van der Waals surface area (Å²) in [5.41, 5.74) is 8.80. The molecule has 0 bridgehead atoms. The molecule has 110 valence electrons. The normalized spacial score (nSPS) is 11.5. The van der Waals surface area contributed by atoms with Gasteiger partial charge in [0.15, 0.2) is 17.4 Å². The zero-order valence-corrected chi connectivity index (χ0v) is 12.1. The van der Waals surface area contributed by atoms with Crippen LogP contribution in [0, 0.1) is 26.6 Å². The van der Waals surface area contributed by atoms with Crippen molar-refractivity contribution >= 4 is 5.84 Å². The van der Waals surface area contributed by atoms with Gasteiger partial charge >= 0.3 is 0 Å². The Morgan fingerprint density at radius 2 is 1.86 bits per heavy atom. The number of benzene rings is 2. The van der Waals surface area contributed by atoms with E-state index in [0.29, 0.717) is 11.3 Å². The van der Waals surface area contributed by atoms with Crippen LogP contribution in [0.5, 0.6) is 11.5 Å². The molecular formula is C16H17FN2O2. The monoisotopic (exact) mass is 288 g/mol. The van der Waals surface area contributed by atoms with Crippen LogP contribution in [0.15, 0.2) is 35.5 Å². The Bertz CT molecular complexity index is 712. The molecule has 0 amide bonds. The summed E-state index contributed by atoms with van der Waals surface area (Å²) in [5.74, 6) is -0.0128.